The molecule has 1 aromatic rings. The number of benzene rings is 1. The lowest BCUT2D eigenvalue weighted by Crippen LogP contribution is -2.16. The molecule has 5 heteroatoms. The van der Waals surface area contributed by atoms with Gasteiger partial charge in [-0.15, -0.1) is 0 Å². The summed E-state index contributed by atoms with van der Waals surface area (Å²) in [5.74, 6) is -1.76. The molecule has 0 aromatic heterocycles. The van der Waals surface area contributed by atoms with Crippen LogP contribution >= 0.6 is 15.9 Å². The SMILES string of the molecule is CNC1CCCOc2c(F)c(F)cc(Br)c21. The molecule has 1 atom stereocenters. The Hall–Kier alpha value is -0.680. The van der Waals surface area contributed by atoms with E-state index in [4.69, 9.17) is 4.74 Å². The minimum atomic E-state index is -0.902. The van der Waals surface area contributed by atoms with Crippen molar-refractivity contribution >= 4 is 15.9 Å². The molecule has 1 unspecified atom stereocenters. The topological polar surface area (TPSA) is 21.3 Å². The summed E-state index contributed by atoms with van der Waals surface area (Å²) in [4.78, 5) is 0. The van der Waals surface area contributed by atoms with Gasteiger partial charge >= 0.3 is 0 Å². The van der Waals surface area contributed by atoms with Gasteiger partial charge < -0.3 is 10.1 Å². The van der Waals surface area contributed by atoms with E-state index in [-0.39, 0.29) is 11.8 Å². The highest BCUT2D eigenvalue weighted by Gasteiger charge is 2.26. The first-order valence-electron chi connectivity index (χ1n) is 5.12. The molecule has 0 radical (unpaired) electrons. The van der Waals surface area contributed by atoms with E-state index in [1.807, 2.05) is 0 Å². The lowest BCUT2D eigenvalue weighted by molar-refractivity contribution is 0.295. The summed E-state index contributed by atoms with van der Waals surface area (Å²) < 4.78 is 32.7. The molecule has 0 fully saturated rings. The Kier molecular flexibility index (Phi) is 3.44. The van der Waals surface area contributed by atoms with Gasteiger partial charge in [0.05, 0.1) is 6.61 Å². The molecule has 0 aliphatic carbocycles. The summed E-state index contributed by atoms with van der Waals surface area (Å²) >= 11 is 3.26. The zero-order valence-electron chi connectivity index (χ0n) is 8.82. The van der Waals surface area contributed by atoms with Crippen LogP contribution in [0.2, 0.25) is 0 Å². The molecule has 0 amide bonds. The van der Waals surface area contributed by atoms with Gasteiger partial charge in [0.2, 0.25) is 5.82 Å². The van der Waals surface area contributed by atoms with Crippen LogP contribution in [0, 0.1) is 11.6 Å². The standard InChI is InChI=1S/C11H12BrF2NO/c1-15-8-3-2-4-16-11-9(8)6(12)5-7(13)10(11)14/h5,8,15H,2-4H2,1H3. The van der Waals surface area contributed by atoms with E-state index in [9.17, 15) is 8.78 Å². The molecule has 0 spiro atoms. The summed E-state index contributed by atoms with van der Waals surface area (Å²) in [6.07, 6.45) is 1.65. The summed E-state index contributed by atoms with van der Waals surface area (Å²) in [6.45, 7) is 0.415. The van der Waals surface area contributed by atoms with Crippen molar-refractivity contribution < 1.29 is 13.5 Å². The van der Waals surface area contributed by atoms with Crippen LogP contribution in [0.25, 0.3) is 0 Å². The fraction of sp³-hybridized carbons (Fsp3) is 0.455. The Morgan fingerprint density at radius 1 is 1.50 bits per heavy atom. The summed E-state index contributed by atoms with van der Waals surface area (Å²) in [7, 11) is 1.80. The third-order valence-electron chi connectivity index (χ3n) is 2.74. The van der Waals surface area contributed by atoms with Crippen molar-refractivity contribution in [2.45, 2.75) is 18.9 Å². The average molecular weight is 292 g/mol. The van der Waals surface area contributed by atoms with E-state index in [1.165, 1.54) is 0 Å². The normalized spacial score (nSPS) is 19.9. The van der Waals surface area contributed by atoms with E-state index in [1.54, 1.807) is 7.05 Å². The van der Waals surface area contributed by atoms with Crippen molar-refractivity contribution in [1.29, 1.82) is 0 Å². The lowest BCUT2D eigenvalue weighted by atomic mass is 10.0. The highest BCUT2D eigenvalue weighted by Crippen LogP contribution is 2.39. The molecule has 16 heavy (non-hydrogen) atoms. The minimum absolute atomic E-state index is 0.0121. The maximum atomic E-state index is 13.6. The third-order valence-corrected chi connectivity index (χ3v) is 3.40. The Balaban J connectivity index is 2.60. The van der Waals surface area contributed by atoms with Crippen molar-refractivity contribution in [3.8, 4) is 5.75 Å². The van der Waals surface area contributed by atoms with Crippen LogP contribution < -0.4 is 10.1 Å². The number of hydrogen-bond acceptors (Lipinski definition) is 2. The van der Waals surface area contributed by atoms with E-state index >= 15 is 0 Å². The van der Waals surface area contributed by atoms with E-state index in [0.717, 1.165) is 18.9 Å². The van der Waals surface area contributed by atoms with Crippen LogP contribution in [-0.2, 0) is 0 Å². The predicted molar refractivity (Wildman–Crippen MR) is 60.6 cm³/mol. The highest BCUT2D eigenvalue weighted by atomic mass is 79.9. The van der Waals surface area contributed by atoms with Crippen molar-refractivity contribution in [3.05, 3.63) is 27.7 Å². The average Bonchev–Trinajstić information content (AvgIpc) is 2.48. The van der Waals surface area contributed by atoms with Gasteiger partial charge in [0, 0.05) is 16.1 Å². The van der Waals surface area contributed by atoms with Crippen LogP contribution in [0.3, 0.4) is 0 Å². The first kappa shape index (κ1) is 11.8. The van der Waals surface area contributed by atoms with Crippen LogP contribution in [0.4, 0.5) is 8.78 Å². The van der Waals surface area contributed by atoms with Crippen molar-refractivity contribution in [2.75, 3.05) is 13.7 Å². The molecule has 1 N–H and O–H groups in total. The van der Waals surface area contributed by atoms with Gasteiger partial charge in [0.25, 0.3) is 0 Å². The second-order valence-corrected chi connectivity index (χ2v) is 4.58. The zero-order valence-corrected chi connectivity index (χ0v) is 10.4. The van der Waals surface area contributed by atoms with Crippen LogP contribution in [0.15, 0.2) is 10.5 Å². The number of ether oxygens (including phenoxy) is 1. The fourth-order valence-electron chi connectivity index (χ4n) is 1.95. The van der Waals surface area contributed by atoms with Gasteiger partial charge in [-0.1, -0.05) is 15.9 Å². The summed E-state index contributed by atoms with van der Waals surface area (Å²) in [5.41, 5.74) is 0.666. The van der Waals surface area contributed by atoms with Crippen molar-refractivity contribution in [3.63, 3.8) is 0 Å². The minimum Gasteiger partial charge on any atom is -0.490 e. The van der Waals surface area contributed by atoms with Crippen LogP contribution in [0.5, 0.6) is 5.75 Å². The number of nitrogens with one attached hydrogen (secondary N) is 1. The molecule has 0 saturated heterocycles. The first-order valence-corrected chi connectivity index (χ1v) is 5.92. The van der Waals surface area contributed by atoms with Crippen LogP contribution in [0.1, 0.15) is 24.4 Å². The van der Waals surface area contributed by atoms with E-state index < -0.39 is 11.6 Å². The molecule has 1 heterocycles. The Morgan fingerprint density at radius 2 is 2.25 bits per heavy atom. The largest absolute Gasteiger partial charge is 0.490 e. The number of hydrogen-bond donors (Lipinski definition) is 1. The Morgan fingerprint density at radius 3 is 2.94 bits per heavy atom. The van der Waals surface area contributed by atoms with Gasteiger partial charge in [0.15, 0.2) is 11.6 Å². The van der Waals surface area contributed by atoms with Gasteiger partial charge in [-0.2, -0.15) is 4.39 Å². The van der Waals surface area contributed by atoms with Crippen LogP contribution in [-0.4, -0.2) is 13.7 Å². The fourth-order valence-corrected chi connectivity index (χ4v) is 2.61. The number of rotatable bonds is 1. The van der Waals surface area contributed by atoms with Gasteiger partial charge in [-0.3, -0.25) is 0 Å². The summed E-state index contributed by atoms with van der Waals surface area (Å²) in [5, 5.41) is 3.09. The van der Waals surface area contributed by atoms with Gasteiger partial charge in [-0.25, -0.2) is 4.39 Å². The number of fused-ring (bicyclic) bond motifs is 1. The lowest BCUT2D eigenvalue weighted by Gasteiger charge is -2.18. The van der Waals surface area contributed by atoms with Gasteiger partial charge in [0.1, 0.15) is 0 Å². The maximum absolute atomic E-state index is 13.6. The Bertz CT molecular complexity index is 411. The zero-order chi connectivity index (χ0) is 11.7. The highest BCUT2D eigenvalue weighted by molar-refractivity contribution is 9.10. The summed E-state index contributed by atoms with van der Waals surface area (Å²) in [6, 6.07) is 1.13. The first-order chi connectivity index (χ1) is 7.65. The Labute approximate surface area is 101 Å². The molecule has 88 valence electrons. The van der Waals surface area contributed by atoms with E-state index in [2.05, 4.69) is 21.2 Å². The van der Waals surface area contributed by atoms with Gasteiger partial charge in [-0.05, 0) is 26.0 Å². The quantitative estimate of drug-likeness (QED) is 0.803. The second-order valence-electron chi connectivity index (χ2n) is 3.73. The maximum Gasteiger partial charge on any atom is 0.201 e. The van der Waals surface area contributed by atoms with Crippen molar-refractivity contribution in [2.24, 2.45) is 0 Å². The van der Waals surface area contributed by atoms with E-state index in [0.29, 0.717) is 16.6 Å². The molecule has 1 aromatic carbocycles. The molecule has 1 aliphatic rings. The number of halogens is 3. The molecule has 0 bridgehead atoms. The third kappa shape index (κ3) is 1.94. The molecular weight excluding hydrogens is 280 g/mol. The second kappa shape index (κ2) is 4.67. The predicted octanol–water partition coefficient (Wildman–Crippen LogP) is 3.16. The molecule has 2 rings (SSSR count). The molecule has 0 saturated carbocycles. The molecule has 2 nitrogen and oxygen atoms in total. The van der Waals surface area contributed by atoms with Crippen molar-refractivity contribution in [1.82, 2.24) is 5.32 Å². The molecular formula is C11H12BrF2NO. The monoisotopic (exact) mass is 291 g/mol. The molecule has 1 aliphatic heterocycles. The smallest absolute Gasteiger partial charge is 0.201 e.